The summed E-state index contributed by atoms with van der Waals surface area (Å²) < 4.78 is 0. The molecule has 2 aromatic rings. The zero-order chi connectivity index (χ0) is 16.3. The Hall–Kier alpha value is -2.21. The highest BCUT2D eigenvalue weighted by molar-refractivity contribution is 7.13. The van der Waals surface area contributed by atoms with Gasteiger partial charge < -0.3 is 10.6 Å². The third-order valence-corrected chi connectivity index (χ3v) is 4.26. The number of benzene rings is 1. The standard InChI is InChI=1S/C16H19N3O2S/c1-10(20)18-11-5-7-12(8-6-11)19-14(21)13-9-17-15(22-13)16(2,3)4/h5-9H,1-4H3,(H,18,20)(H,19,21). The molecule has 2 amide bonds. The number of carbonyl (C=O) groups excluding carboxylic acids is 2. The molecule has 0 saturated carbocycles. The smallest absolute Gasteiger partial charge is 0.267 e. The van der Waals surface area contributed by atoms with Crippen molar-refractivity contribution in [3.63, 3.8) is 0 Å². The third-order valence-electron chi connectivity index (χ3n) is 2.83. The average molecular weight is 317 g/mol. The monoisotopic (exact) mass is 317 g/mol. The Morgan fingerprint density at radius 2 is 1.59 bits per heavy atom. The van der Waals surface area contributed by atoms with E-state index in [0.717, 1.165) is 5.01 Å². The minimum absolute atomic E-state index is 0.0663. The van der Waals surface area contributed by atoms with Gasteiger partial charge >= 0.3 is 0 Å². The Morgan fingerprint density at radius 1 is 1.05 bits per heavy atom. The lowest BCUT2D eigenvalue weighted by Crippen LogP contribution is -2.11. The number of aromatic nitrogens is 1. The number of hydrogen-bond acceptors (Lipinski definition) is 4. The molecule has 0 atom stereocenters. The predicted molar refractivity (Wildman–Crippen MR) is 89.5 cm³/mol. The van der Waals surface area contributed by atoms with E-state index in [-0.39, 0.29) is 17.2 Å². The molecule has 0 saturated heterocycles. The van der Waals surface area contributed by atoms with Crippen LogP contribution in [-0.2, 0) is 10.2 Å². The topological polar surface area (TPSA) is 71.1 Å². The van der Waals surface area contributed by atoms with E-state index >= 15 is 0 Å². The van der Waals surface area contributed by atoms with E-state index in [9.17, 15) is 9.59 Å². The summed E-state index contributed by atoms with van der Waals surface area (Å²) in [4.78, 5) is 28.1. The maximum absolute atomic E-state index is 12.2. The molecule has 1 heterocycles. The molecule has 0 aliphatic heterocycles. The highest BCUT2D eigenvalue weighted by atomic mass is 32.1. The molecule has 0 spiro atoms. The first-order chi connectivity index (χ1) is 10.3. The number of hydrogen-bond donors (Lipinski definition) is 2. The van der Waals surface area contributed by atoms with Crippen molar-refractivity contribution in [1.29, 1.82) is 0 Å². The molecule has 1 aromatic heterocycles. The molecule has 0 aliphatic carbocycles. The van der Waals surface area contributed by atoms with Crippen LogP contribution in [0.5, 0.6) is 0 Å². The van der Waals surface area contributed by atoms with E-state index in [0.29, 0.717) is 16.3 Å². The molecule has 2 N–H and O–H groups in total. The average Bonchev–Trinajstić information content (AvgIpc) is 2.90. The first kappa shape index (κ1) is 16.2. The fraction of sp³-hybridized carbons (Fsp3) is 0.312. The summed E-state index contributed by atoms with van der Waals surface area (Å²) >= 11 is 1.40. The Morgan fingerprint density at radius 3 is 2.05 bits per heavy atom. The molecular weight excluding hydrogens is 298 g/mol. The van der Waals surface area contributed by atoms with Gasteiger partial charge in [0.05, 0.1) is 11.2 Å². The predicted octanol–water partition coefficient (Wildman–Crippen LogP) is 3.65. The molecule has 116 valence electrons. The SMILES string of the molecule is CC(=O)Nc1ccc(NC(=O)c2cnc(C(C)(C)C)s2)cc1. The number of thiazole rings is 1. The van der Waals surface area contributed by atoms with Gasteiger partial charge in [-0.2, -0.15) is 0 Å². The van der Waals surface area contributed by atoms with Crippen LogP contribution < -0.4 is 10.6 Å². The second-order valence-electron chi connectivity index (χ2n) is 5.99. The van der Waals surface area contributed by atoms with Crippen molar-refractivity contribution in [1.82, 2.24) is 4.98 Å². The minimum atomic E-state index is -0.180. The van der Waals surface area contributed by atoms with Crippen molar-refractivity contribution in [2.45, 2.75) is 33.1 Å². The Kier molecular flexibility index (Phi) is 4.61. The number of carbonyl (C=O) groups is 2. The van der Waals surface area contributed by atoms with Crippen LogP contribution in [0.1, 0.15) is 42.4 Å². The summed E-state index contributed by atoms with van der Waals surface area (Å²) in [6.45, 7) is 7.64. The van der Waals surface area contributed by atoms with Crippen LogP contribution in [0.2, 0.25) is 0 Å². The number of anilines is 2. The van der Waals surface area contributed by atoms with Gasteiger partial charge in [0.25, 0.3) is 5.91 Å². The summed E-state index contributed by atoms with van der Waals surface area (Å²) in [6, 6.07) is 6.97. The highest BCUT2D eigenvalue weighted by Crippen LogP contribution is 2.27. The highest BCUT2D eigenvalue weighted by Gasteiger charge is 2.20. The molecule has 6 heteroatoms. The number of nitrogens with one attached hydrogen (secondary N) is 2. The molecule has 0 aliphatic rings. The van der Waals surface area contributed by atoms with Gasteiger partial charge in [0.1, 0.15) is 4.88 Å². The molecule has 0 fully saturated rings. The van der Waals surface area contributed by atoms with Crippen LogP contribution >= 0.6 is 11.3 Å². The van der Waals surface area contributed by atoms with Gasteiger partial charge in [-0.15, -0.1) is 11.3 Å². The van der Waals surface area contributed by atoms with Crippen molar-refractivity contribution < 1.29 is 9.59 Å². The number of nitrogens with zero attached hydrogens (tertiary/aromatic N) is 1. The molecule has 0 unspecified atom stereocenters. The van der Waals surface area contributed by atoms with Crippen molar-refractivity contribution in [3.8, 4) is 0 Å². The molecule has 0 radical (unpaired) electrons. The second kappa shape index (κ2) is 6.27. The lowest BCUT2D eigenvalue weighted by atomic mass is 9.98. The van der Waals surface area contributed by atoms with Crippen molar-refractivity contribution in [2.24, 2.45) is 0 Å². The van der Waals surface area contributed by atoms with Gasteiger partial charge in [-0.3, -0.25) is 9.59 Å². The summed E-state index contributed by atoms with van der Waals surface area (Å²) in [6.07, 6.45) is 1.60. The molecule has 5 nitrogen and oxygen atoms in total. The molecule has 2 rings (SSSR count). The van der Waals surface area contributed by atoms with Crippen LogP contribution in [0.4, 0.5) is 11.4 Å². The molecular formula is C16H19N3O2S. The molecule has 22 heavy (non-hydrogen) atoms. The maximum Gasteiger partial charge on any atom is 0.267 e. The summed E-state index contributed by atoms with van der Waals surface area (Å²) in [5.41, 5.74) is 1.30. The van der Waals surface area contributed by atoms with Gasteiger partial charge in [-0.25, -0.2) is 4.98 Å². The van der Waals surface area contributed by atoms with Crippen molar-refractivity contribution >= 4 is 34.5 Å². The van der Waals surface area contributed by atoms with Crippen LogP contribution in [-0.4, -0.2) is 16.8 Å². The third kappa shape index (κ3) is 4.14. The Balaban J connectivity index is 2.05. The van der Waals surface area contributed by atoms with E-state index < -0.39 is 0 Å². The van der Waals surface area contributed by atoms with Gasteiger partial charge in [0, 0.05) is 23.7 Å². The van der Waals surface area contributed by atoms with E-state index in [1.807, 2.05) is 0 Å². The van der Waals surface area contributed by atoms with Crippen LogP contribution in [0.15, 0.2) is 30.5 Å². The normalized spacial score (nSPS) is 11.1. The van der Waals surface area contributed by atoms with E-state index in [4.69, 9.17) is 0 Å². The fourth-order valence-electron chi connectivity index (χ4n) is 1.76. The van der Waals surface area contributed by atoms with E-state index in [1.54, 1.807) is 30.5 Å². The lowest BCUT2D eigenvalue weighted by Gasteiger charge is -2.13. The van der Waals surface area contributed by atoms with E-state index in [2.05, 4.69) is 36.4 Å². The van der Waals surface area contributed by atoms with Crippen molar-refractivity contribution in [2.75, 3.05) is 10.6 Å². The van der Waals surface area contributed by atoms with Gasteiger partial charge in [-0.1, -0.05) is 20.8 Å². The van der Waals surface area contributed by atoms with Crippen LogP contribution in [0.25, 0.3) is 0 Å². The van der Waals surface area contributed by atoms with Crippen molar-refractivity contribution in [3.05, 3.63) is 40.3 Å². The minimum Gasteiger partial charge on any atom is -0.326 e. The molecule has 1 aromatic carbocycles. The fourth-order valence-corrected chi connectivity index (χ4v) is 2.63. The number of rotatable bonds is 3. The summed E-state index contributed by atoms with van der Waals surface area (Å²) in [5.74, 6) is -0.309. The summed E-state index contributed by atoms with van der Waals surface area (Å²) in [7, 11) is 0. The van der Waals surface area contributed by atoms with E-state index in [1.165, 1.54) is 18.3 Å². The lowest BCUT2D eigenvalue weighted by molar-refractivity contribution is -0.114. The van der Waals surface area contributed by atoms with Gasteiger partial charge in [0.2, 0.25) is 5.91 Å². The quantitative estimate of drug-likeness (QED) is 0.907. The zero-order valence-corrected chi connectivity index (χ0v) is 13.9. The van der Waals surface area contributed by atoms with Crippen LogP contribution in [0.3, 0.4) is 0 Å². The molecule has 0 bridgehead atoms. The Bertz CT molecular complexity index is 684. The van der Waals surface area contributed by atoms with Gasteiger partial charge in [-0.05, 0) is 24.3 Å². The second-order valence-corrected chi connectivity index (χ2v) is 7.02. The summed E-state index contributed by atoms with van der Waals surface area (Å²) in [5, 5.41) is 6.43. The van der Waals surface area contributed by atoms with Crippen LogP contribution in [0, 0.1) is 0 Å². The first-order valence-electron chi connectivity index (χ1n) is 6.91. The maximum atomic E-state index is 12.2. The first-order valence-corrected chi connectivity index (χ1v) is 7.72. The zero-order valence-electron chi connectivity index (χ0n) is 13.1. The van der Waals surface area contributed by atoms with Gasteiger partial charge in [0.15, 0.2) is 0 Å². The number of amides is 2. The Labute approximate surface area is 133 Å². The largest absolute Gasteiger partial charge is 0.326 e.